The van der Waals surface area contributed by atoms with Crippen molar-refractivity contribution in [3.8, 4) is 11.5 Å². The first kappa shape index (κ1) is 20.9. The molecule has 2 aromatic rings. The summed E-state index contributed by atoms with van der Waals surface area (Å²) in [7, 11) is 0.546. The number of methoxy groups -OCH3 is 3. The minimum atomic E-state index is -3.91. The molecule has 156 valence electrons. The highest BCUT2D eigenvalue weighted by Gasteiger charge is 2.25. The number of sulfonamides is 1. The zero-order valence-electron chi connectivity index (χ0n) is 16.6. The Morgan fingerprint density at radius 3 is 2.52 bits per heavy atom. The number of amides is 1. The van der Waals surface area contributed by atoms with Crippen LogP contribution in [0, 0.1) is 0 Å². The minimum absolute atomic E-state index is 0.0195. The average Bonchev–Trinajstić information content (AvgIpc) is 2.72. The lowest BCUT2D eigenvalue weighted by atomic mass is 10.0. The minimum Gasteiger partial charge on any atom is -0.497 e. The molecule has 0 aromatic heterocycles. The molecule has 3 rings (SSSR count). The SMILES string of the molecule is COCCN1C(=O)CCc2cc(NS(=O)(=O)c3cc(OC)ccc3OC)ccc21. The standard InChI is InChI=1S/C20H24N2O6S/c1-26-11-10-22-17-7-5-15(12-14(17)4-9-20(22)23)21-29(24,25)19-13-16(27-2)6-8-18(19)28-3/h5-8,12-13,21H,4,9-11H2,1-3H3. The number of rotatable bonds is 8. The second-order valence-electron chi connectivity index (χ2n) is 6.50. The summed E-state index contributed by atoms with van der Waals surface area (Å²) in [6.45, 7) is 0.879. The molecule has 1 aliphatic rings. The largest absolute Gasteiger partial charge is 0.497 e. The van der Waals surface area contributed by atoms with Gasteiger partial charge in [0, 0.05) is 37.5 Å². The molecule has 1 heterocycles. The van der Waals surface area contributed by atoms with Crippen molar-refractivity contribution in [1.82, 2.24) is 0 Å². The quantitative estimate of drug-likeness (QED) is 0.705. The number of fused-ring (bicyclic) bond motifs is 1. The molecular weight excluding hydrogens is 396 g/mol. The zero-order valence-corrected chi connectivity index (χ0v) is 17.4. The predicted octanol–water partition coefficient (Wildman–Crippen LogP) is 2.43. The molecule has 0 spiro atoms. The normalized spacial score (nSPS) is 13.8. The molecule has 29 heavy (non-hydrogen) atoms. The van der Waals surface area contributed by atoms with Crippen LogP contribution in [0.25, 0.3) is 0 Å². The summed E-state index contributed by atoms with van der Waals surface area (Å²) in [4.78, 5) is 13.9. The molecule has 0 aliphatic carbocycles. The first-order valence-electron chi connectivity index (χ1n) is 9.06. The second-order valence-corrected chi connectivity index (χ2v) is 8.15. The number of aryl methyl sites for hydroxylation is 1. The van der Waals surface area contributed by atoms with Crippen LogP contribution in [0.15, 0.2) is 41.3 Å². The number of carbonyl (C=O) groups is 1. The van der Waals surface area contributed by atoms with E-state index in [1.807, 2.05) is 0 Å². The number of carbonyl (C=O) groups excluding carboxylic acids is 1. The third-order valence-corrected chi connectivity index (χ3v) is 6.11. The Labute approximate surface area is 170 Å². The lowest BCUT2D eigenvalue weighted by Crippen LogP contribution is -2.37. The summed E-state index contributed by atoms with van der Waals surface area (Å²) in [6.07, 6.45) is 0.923. The average molecular weight is 420 g/mol. The maximum Gasteiger partial charge on any atom is 0.265 e. The van der Waals surface area contributed by atoms with Crippen LogP contribution < -0.4 is 19.1 Å². The van der Waals surface area contributed by atoms with E-state index in [1.165, 1.54) is 20.3 Å². The summed E-state index contributed by atoms with van der Waals surface area (Å²) in [5, 5.41) is 0. The van der Waals surface area contributed by atoms with Gasteiger partial charge in [-0.05, 0) is 42.3 Å². The number of ether oxygens (including phenoxy) is 3. The molecule has 1 N–H and O–H groups in total. The Morgan fingerprint density at radius 2 is 1.83 bits per heavy atom. The van der Waals surface area contributed by atoms with E-state index in [9.17, 15) is 13.2 Å². The highest BCUT2D eigenvalue weighted by molar-refractivity contribution is 7.92. The molecule has 0 radical (unpaired) electrons. The molecule has 0 saturated carbocycles. The van der Waals surface area contributed by atoms with E-state index in [1.54, 1.807) is 42.3 Å². The molecule has 0 saturated heterocycles. The summed E-state index contributed by atoms with van der Waals surface area (Å²) < 4.78 is 43.9. The highest BCUT2D eigenvalue weighted by Crippen LogP contribution is 2.33. The topological polar surface area (TPSA) is 94.2 Å². The van der Waals surface area contributed by atoms with Crippen LogP contribution in [-0.2, 0) is 26.0 Å². The highest BCUT2D eigenvalue weighted by atomic mass is 32.2. The molecule has 0 atom stereocenters. The molecule has 0 fully saturated rings. The fraction of sp³-hybridized carbons (Fsp3) is 0.350. The van der Waals surface area contributed by atoms with Gasteiger partial charge in [0.15, 0.2) is 0 Å². The Balaban J connectivity index is 1.90. The maximum atomic E-state index is 12.9. The number of nitrogens with zero attached hydrogens (tertiary/aromatic N) is 1. The van der Waals surface area contributed by atoms with Gasteiger partial charge in [-0.2, -0.15) is 0 Å². The van der Waals surface area contributed by atoms with Gasteiger partial charge in [0.2, 0.25) is 5.91 Å². The van der Waals surface area contributed by atoms with Crippen molar-refractivity contribution >= 4 is 27.3 Å². The maximum absolute atomic E-state index is 12.9. The molecule has 0 bridgehead atoms. The van der Waals surface area contributed by atoms with Crippen molar-refractivity contribution in [1.29, 1.82) is 0 Å². The Morgan fingerprint density at radius 1 is 1.03 bits per heavy atom. The van der Waals surface area contributed by atoms with Gasteiger partial charge in [0.25, 0.3) is 10.0 Å². The van der Waals surface area contributed by atoms with Crippen LogP contribution in [0.4, 0.5) is 11.4 Å². The van der Waals surface area contributed by atoms with Crippen molar-refractivity contribution in [2.45, 2.75) is 17.7 Å². The van der Waals surface area contributed by atoms with Gasteiger partial charge in [-0.15, -0.1) is 0 Å². The summed E-state index contributed by atoms with van der Waals surface area (Å²) in [5.74, 6) is 0.653. The van der Waals surface area contributed by atoms with Crippen LogP contribution in [0.1, 0.15) is 12.0 Å². The Kier molecular flexibility index (Phi) is 6.29. The molecular formula is C20H24N2O6S. The van der Waals surface area contributed by atoms with Crippen molar-refractivity contribution < 1.29 is 27.4 Å². The molecule has 1 aliphatic heterocycles. The second kappa shape index (κ2) is 8.71. The van der Waals surface area contributed by atoms with E-state index in [4.69, 9.17) is 14.2 Å². The van der Waals surface area contributed by atoms with Gasteiger partial charge in [-0.1, -0.05) is 0 Å². The number of hydrogen-bond acceptors (Lipinski definition) is 6. The lowest BCUT2D eigenvalue weighted by molar-refractivity contribution is -0.119. The van der Waals surface area contributed by atoms with Crippen LogP contribution in [-0.4, -0.2) is 48.8 Å². The number of benzene rings is 2. The van der Waals surface area contributed by atoms with Gasteiger partial charge in [0.1, 0.15) is 16.4 Å². The molecule has 0 unspecified atom stereocenters. The fourth-order valence-corrected chi connectivity index (χ4v) is 4.49. The van der Waals surface area contributed by atoms with E-state index < -0.39 is 10.0 Å². The van der Waals surface area contributed by atoms with Crippen molar-refractivity contribution in [3.05, 3.63) is 42.0 Å². The number of anilines is 2. The van der Waals surface area contributed by atoms with Crippen molar-refractivity contribution in [3.63, 3.8) is 0 Å². The van der Waals surface area contributed by atoms with E-state index in [0.29, 0.717) is 37.4 Å². The van der Waals surface area contributed by atoms with Crippen LogP contribution >= 0.6 is 0 Å². The first-order valence-corrected chi connectivity index (χ1v) is 10.5. The van der Waals surface area contributed by atoms with Gasteiger partial charge in [-0.25, -0.2) is 8.42 Å². The Hall–Kier alpha value is -2.78. The van der Waals surface area contributed by atoms with E-state index >= 15 is 0 Å². The van der Waals surface area contributed by atoms with Gasteiger partial charge in [0.05, 0.1) is 20.8 Å². The fourth-order valence-electron chi connectivity index (χ4n) is 3.26. The van der Waals surface area contributed by atoms with E-state index in [2.05, 4.69) is 4.72 Å². The Bertz CT molecular complexity index is 1010. The smallest absolute Gasteiger partial charge is 0.265 e. The first-order chi connectivity index (χ1) is 13.9. The van der Waals surface area contributed by atoms with Crippen molar-refractivity contribution in [2.75, 3.05) is 44.1 Å². The third-order valence-electron chi connectivity index (χ3n) is 4.71. The monoisotopic (exact) mass is 420 g/mol. The van der Waals surface area contributed by atoms with Crippen molar-refractivity contribution in [2.24, 2.45) is 0 Å². The summed E-state index contributed by atoms with van der Waals surface area (Å²) in [6, 6.07) is 9.72. The van der Waals surface area contributed by atoms with Gasteiger partial charge >= 0.3 is 0 Å². The third kappa shape index (κ3) is 4.46. The number of nitrogens with one attached hydrogen (secondary N) is 1. The predicted molar refractivity (Wildman–Crippen MR) is 109 cm³/mol. The molecule has 8 nitrogen and oxygen atoms in total. The summed E-state index contributed by atoms with van der Waals surface area (Å²) >= 11 is 0. The molecule has 1 amide bonds. The molecule has 9 heteroatoms. The molecule has 2 aromatic carbocycles. The lowest BCUT2D eigenvalue weighted by Gasteiger charge is -2.29. The summed E-state index contributed by atoms with van der Waals surface area (Å²) in [5.41, 5.74) is 2.09. The van der Waals surface area contributed by atoms with Gasteiger partial charge in [-0.3, -0.25) is 9.52 Å². The van der Waals surface area contributed by atoms with Crippen LogP contribution in [0.2, 0.25) is 0 Å². The van der Waals surface area contributed by atoms with Crippen LogP contribution in [0.3, 0.4) is 0 Å². The number of hydrogen-bond donors (Lipinski definition) is 1. The van der Waals surface area contributed by atoms with Crippen LogP contribution in [0.5, 0.6) is 11.5 Å². The van der Waals surface area contributed by atoms with E-state index in [0.717, 1.165) is 11.3 Å². The van der Waals surface area contributed by atoms with E-state index in [-0.39, 0.29) is 16.6 Å². The van der Waals surface area contributed by atoms with Gasteiger partial charge < -0.3 is 19.1 Å². The zero-order chi connectivity index (χ0) is 21.0.